The summed E-state index contributed by atoms with van der Waals surface area (Å²) in [5, 5.41) is 0. The number of methoxy groups -OCH3 is 1. The van der Waals surface area contributed by atoms with Crippen molar-refractivity contribution in [2.24, 2.45) is 7.05 Å². The van der Waals surface area contributed by atoms with Gasteiger partial charge in [0.1, 0.15) is 5.75 Å². The number of fused-ring (bicyclic) bond motifs is 1. The van der Waals surface area contributed by atoms with Crippen molar-refractivity contribution in [3.05, 3.63) is 47.3 Å². The van der Waals surface area contributed by atoms with Gasteiger partial charge in [-0.2, -0.15) is 0 Å². The van der Waals surface area contributed by atoms with Crippen LogP contribution in [0.2, 0.25) is 0 Å². The lowest BCUT2D eigenvalue weighted by molar-refractivity contribution is 0.415. The minimum atomic E-state index is -3.72. The second-order valence-corrected chi connectivity index (χ2v) is 6.92. The molecule has 1 aromatic heterocycles. The Morgan fingerprint density at radius 3 is 2.52 bits per heavy atom. The molecule has 0 aliphatic heterocycles. The van der Waals surface area contributed by atoms with E-state index in [0.717, 1.165) is 5.52 Å². The van der Waals surface area contributed by atoms with E-state index >= 15 is 0 Å². The molecule has 0 amide bonds. The van der Waals surface area contributed by atoms with Gasteiger partial charge in [0, 0.05) is 18.8 Å². The highest BCUT2D eigenvalue weighted by atomic mass is 32.2. The van der Waals surface area contributed by atoms with Gasteiger partial charge in [-0.3, -0.25) is 4.72 Å². The van der Waals surface area contributed by atoms with E-state index < -0.39 is 10.0 Å². The number of aryl methyl sites for hydroxylation is 1. The molecule has 0 atom stereocenters. The van der Waals surface area contributed by atoms with Gasteiger partial charge >= 0.3 is 0 Å². The molecule has 0 spiro atoms. The van der Waals surface area contributed by atoms with Gasteiger partial charge in [-0.25, -0.2) is 8.42 Å². The Labute approximate surface area is 138 Å². The van der Waals surface area contributed by atoms with Crippen LogP contribution in [-0.4, -0.2) is 20.1 Å². The Hall–Kier alpha value is -2.32. The van der Waals surface area contributed by atoms with Crippen molar-refractivity contribution < 1.29 is 17.6 Å². The molecule has 0 radical (unpaired) electrons. The van der Waals surface area contributed by atoms with E-state index in [0.29, 0.717) is 17.0 Å². The molecule has 3 rings (SSSR count). The summed E-state index contributed by atoms with van der Waals surface area (Å²) in [4.78, 5) is 0.392. The number of aromatic nitrogens is 1. The number of nitrogens with zero attached hydrogens (tertiary/aromatic N) is 1. The van der Waals surface area contributed by atoms with E-state index in [1.54, 1.807) is 49.1 Å². The summed E-state index contributed by atoms with van der Waals surface area (Å²) in [7, 11) is -0.413. The molecule has 6 nitrogen and oxygen atoms in total. The third-order valence-corrected chi connectivity index (χ3v) is 5.15. The van der Waals surface area contributed by atoms with Gasteiger partial charge in [-0.1, -0.05) is 0 Å². The third-order valence-electron chi connectivity index (χ3n) is 3.42. The zero-order valence-electron chi connectivity index (χ0n) is 12.4. The van der Waals surface area contributed by atoms with Crippen LogP contribution < -0.4 is 9.46 Å². The first-order valence-corrected chi connectivity index (χ1v) is 8.56. The van der Waals surface area contributed by atoms with Crippen LogP contribution in [0.15, 0.2) is 51.8 Å². The number of hydrogen-bond acceptors (Lipinski definition) is 5. The van der Waals surface area contributed by atoms with Gasteiger partial charge < -0.3 is 13.7 Å². The second-order valence-electron chi connectivity index (χ2n) is 4.89. The highest BCUT2D eigenvalue weighted by Crippen LogP contribution is 2.23. The summed E-state index contributed by atoms with van der Waals surface area (Å²) in [6.07, 6.45) is 0. The van der Waals surface area contributed by atoms with Gasteiger partial charge in [-0.15, -0.1) is 0 Å². The lowest BCUT2D eigenvalue weighted by atomic mass is 10.3. The first-order valence-electron chi connectivity index (χ1n) is 6.67. The van der Waals surface area contributed by atoms with Crippen molar-refractivity contribution in [3.63, 3.8) is 0 Å². The van der Waals surface area contributed by atoms with Crippen molar-refractivity contribution >= 4 is 39.0 Å². The summed E-state index contributed by atoms with van der Waals surface area (Å²) >= 11 is 5.04. The van der Waals surface area contributed by atoms with Crippen LogP contribution >= 0.6 is 12.2 Å². The zero-order chi connectivity index (χ0) is 16.6. The van der Waals surface area contributed by atoms with E-state index in [2.05, 4.69) is 4.72 Å². The number of rotatable bonds is 4. The number of ether oxygens (including phenoxy) is 1. The molecule has 8 heteroatoms. The number of nitrogens with one attached hydrogen (secondary N) is 1. The lowest BCUT2D eigenvalue weighted by Crippen LogP contribution is -2.12. The van der Waals surface area contributed by atoms with Gasteiger partial charge in [0.05, 0.1) is 17.5 Å². The zero-order valence-corrected chi connectivity index (χ0v) is 14.1. The van der Waals surface area contributed by atoms with E-state index in [1.165, 1.54) is 12.1 Å². The first kappa shape index (κ1) is 15.6. The van der Waals surface area contributed by atoms with E-state index in [9.17, 15) is 8.42 Å². The molecule has 23 heavy (non-hydrogen) atoms. The van der Waals surface area contributed by atoms with Crippen LogP contribution in [0.5, 0.6) is 5.75 Å². The summed E-state index contributed by atoms with van der Waals surface area (Å²) in [5.74, 6) is 0.649. The summed E-state index contributed by atoms with van der Waals surface area (Å²) in [6, 6.07) is 11.2. The van der Waals surface area contributed by atoms with E-state index in [-0.39, 0.29) is 9.73 Å². The first-order chi connectivity index (χ1) is 10.9. The molecule has 1 N–H and O–H groups in total. The Kier molecular flexibility index (Phi) is 3.87. The fourth-order valence-corrected chi connectivity index (χ4v) is 3.42. The molecule has 120 valence electrons. The van der Waals surface area contributed by atoms with Crippen LogP contribution in [-0.2, 0) is 17.1 Å². The fourth-order valence-electron chi connectivity index (χ4n) is 2.15. The maximum absolute atomic E-state index is 12.5. The second kappa shape index (κ2) is 5.71. The maximum Gasteiger partial charge on any atom is 0.269 e. The Morgan fingerprint density at radius 1 is 1.17 bits per heavy atom. The molecule has 0 saturated carbocycles. The van der Waals surface area contributed by atoms with Crippen LogP contribution in [0.3, 0.4) is 0 Å². The Balaban J connectivity index is 1.96. The summed E-state index contributed by atoms with van der Waals surface area (Å²) in [5.41, 5.74) is 1.60. The number of oxazole rings is 1. The number of benzene rings is 2. The molecule has 0 unspecified atom stereocenters. The molecule has 1 heterocycles. The molecular weight excluding hydrogens is 336 g/mol. The quantitative estimate of drug-likeness (QED) is 0.731. The monoisotopic (exact) mass is 350 g/mol. The lowest BCUT2D eigenvalue weighted by Gasteiger charge is -2.08. The molecule has 0 fully saturated rings. The van der Waals surface area contributed by atoms with Crippen LogP contribution in [0, 0.1) is 4.84 Å². The predicted molar refractivity (Wildman–Crippen MR) is 89.8 cm³/mol. The van der Waals surface area contributed by atoms with Crippen molar-refractivity contribution in [1.82, 2.24) is 4.57 Å². The van der Waals surface area contributed by atoms with Gasteiger partial charge in [0.15, 0.2) is 5.58 Å². The van der Waals surface area contributed by atoms with Crippen molar-refractivity contribution in [3.8, 4) is 5.75 Å². The predicted octanol–water partition coefficient (Wildman–Crippen LogP) is 3.31. The van der Waals surface area contributed by atoms with Gasteiger partial charge in [0.2, 0.25) is 0 Å². The van der Waals surface area contributed by atoms with E-state index in [4.69, 9.17) is 21.4 Å². The molecular formula is C15H14N2O4S2. The smallest absolute Gasteiger partial charge is 0.269 e. The Bertz CT molecular complexity index is 1020. The standard InChI is InChI=1S/C15H14N2O4S2/c1-17-13-8-7-12(9-14(13)21-15(17)22)23(18,19)16-10-3-5-11(20-2)6-4-10/h3-9,16H,1-2H3. The summed E-state index contributed by atoms with van der Waals surface area (Å²) < 4.78 is 39.6. The minimum Gasteiger partial charge on any atom is -0.497 e. The normalized spacial score (nSPS) is 11.6. The molecule has 0 aliphatic rings. The molecule has 0 saturated heterocycles. The van der Waals surface area contributed by atoms with Crippen molar-refractivity contribution in [1.29, 1.82) is 0 Å². The topological polar surface area (TPSA) is 73.5 Å². The van der Waals surface area contributed by atoms with Crippen LogP contribution in [0.4, 0.5) is 5.69 Å². The number of anilines is 1. The number of hydrogen-bond donors (Lipinski definition) is 1. The van der Waals surface area contributed by atoms with Crippen LogP contribution in [0.25, 0.3) is 11.1 Å². The Morgan fingerprint density at radius 2 is 1.87 bits per heavy atom. The maximum atomic E-state index is 12.5. The average Bonchev–Trinajstić information content (AvgIpc) is 2.82. The van der Waals surface area contributed by atoms with Gasteiger partial charge in [0.25, 0.3) is 14.9 Å². The molecule has 3 aromatic rings. The van der Waals surface area contributed by atoms with Crippen molar-refractivity contribution in [2.75, 3.05) is 11.8 Å². The average molecular weight is 350 g/mol. The fraction of sp³-hybridized carbons (Fsp3) is 0.133. The highest BCUT2D eigenvalue weighted by molar-refractivity contribution is 7.92. The molecule has 0 bridgehead atoms. The van der Waals surface area contributed by atoms with Crippen molar-refractivity contribution in [2.45, 2.75) is 4.90 Å². The minimum absolute atomic E-state index is 0.102. The molecule has 2 aromatic carbocycles. The largest absolute Gasteiger partial charge is 0.497 e. The SMILES string of the molecule is COc1ccc(NS(=O)(=O)c2ccc3c(c2)oc(=S)n3C)cc1. The third kappa shape index (κ3) is 2.95. The highest BCUT2D eigenvalue weighted by Gasteiger charge is 2.16. The molecule has 0 aliphatic carbocycles. The van der Waals surface area contributed by atoms with Crippen LogP contribution in [0.1, 0.15) is 0 Å². The van der Waals surface area contributed by atoms with E-state index in [1.807, 2.05) is 0 Å². The number of sulfonamides is 1. The van der Waals surface area contributed by atoms with Gasteiger partial charge in [-0.05, 0) is 48.6 Å². The summed E-state index contributed by atoms with van der Waals surface area (Å²) in [6.45, 7) is 0.